The largest absolute Gasteiger partial charge is 0.394 e. The number of rotatable bonds is 5. The maximum absolute atomic E-state index is 11.6. The molecule has 6 heteroatoms. The van der Waals surface area contributed by atoms with E-state index >= 15 is 0 Å². The first kappa shape index (κ1) is 17.1. The van der Waals surface area contributed by atoms with Crippen LogP contribution >= 0.6 is 23.2 Å². The van der Waals surface area contributed by atoms with Gasteiger partial charge in [-0.3, -0.25) is 0 Å². The Balaban J connectivity index is 2.65. The van der Waals surface area contributed by atoms with Gasteiger partial charge < -0.3 is 15.7 Å². The van der Waals surface area contributed by atoms with Crippen LogP contribution in [0.4, 0.5) is 4.79 Å². The highest BCUT2D eigenvalue weighted by Crippen LogP contribution is 2.29. The Morgan fingerprint density at radius 3 is 2.55 bits per heavy atom. The lowest BCUT2D eigenvalue weighted by molar-refractivity contribution is 0.218. The van der Waals surface area contributed by atoms with Gasteiger partial charge in [-0.05, 0) is 24.6 Å². The van der Waals surface area contributed by atoms with E-state index in [-0.39, 0.29) is 24.1 Å². The number of aliphatic hydroxyl groups excluding tert-OH is 1. The van der Waals surface area contributed by atoms with Crippen molar-refractivity contribution in [2.24, 2.45) is 0 Å². The Hall–Kier alpha value is -0.970. The number of carbonyl (C=O) groups is 1. The summed E-state index contributed by atoms with van der Waals surface area (Å²) < 4.78 is 0. The van der Waals surface area contributed by atoms with E-state index in [2.05, 4.69) is 10.6 Å². The first-order chi connectivity index (χ1) is 9.26. The molecule has 0 saturated carbocycles. The molecule has 1 atom stereocenters. The van der Waals surface area contributed by atoms with Gasteiger partial charge in [0.2, 0.25) is 0 Å². The van der Waals surface area contributed by atoms with Crippen LogP contribution in [0.3, 0.4) is 0 Å². The van der Waals surface area contributed by atoms with Gasteiger partial charge in [-0.25, -0.2) is 4.79 Å². The number of amides is 2. The molecule has 2 amide bonds. The number of carbonyl (C=O) groups excluding carboxylic acids is 1. The predicted octanol–water partition coefficient (Wildman–Crippen LogP) is 2.95. The summed E-state index contributed by atoms with van der Waals surface area (Å²) in [6, 6.07) is 4.86. The van der Waals surface area contributed by atoms with E-state index in [4.69, 9.17) is 28.3 Å². The molecular weight excluding hydrogens is 299 g/mol. The van der Waals surface area contributed by atoms with Crippen molar-refractivity contribution in [2.75, 3.05) is 13.2 Å². The Morgan fingerprint density at radius 1 is 1.35 bits per heavy atom. The summed E-state index contributed by atoms with van der Waals surface area (Å²) in [5, 5.41) is 15.3. The molecule has 0 aromatic heterocycles. The van der Waals surface area contributed by atoms with E-state index in [1.165, 1.54) is 0 Å². The van der Waals surface area contributed by atoms with Crippen molar-refractivity contribution < 1.29 is 9.90 Å². The van der Waals surface area contributed by atoms with Gasteiger partial charge in [0.25, 0.3) is 0 Å². The molecule has 3 N–H and O–H groups in total. The third-order valence-electron chi connectivity index (χ3n) is 3.04. The zero-order valence-corrected chi connectivity index (χ0v) is 13.3. The molecule has 0 aliphatic rings. The lowest BCUT2D eigenvalue weighted by Crippen LogP contribution is -2.46. The molecule has 1 rings (SSSR count). The average Bonchev–Trinajstić information content (AvgIpc) is 2.39. The number of aliphatic hydroxyl groups is 1. The number of hydrogen-bond acceptors (Lipinski definition) is 2. The lowest BCUT2D eigenvalue weighted by Gasteiger charge is -2.26. The molecule has 112 valence electrons. The van der Waals surface area contributed by atoms with Crippen molar-refractivity contribution >= 4 is 29.2 Å². The molecule has 4 nitrogen and oxygen atoms in total. The highest BCUT2D eigenvalue weighted by atomic mass is 35.5. The quantitative estimate of drug-likeness (QED) is 0.781. The summed E-state index contributed by atoms with van der Waals surface area (Å²) in [6.07, 6.45) is 0. The van der Waals surface area contributed by atoms with Crippen molar-refractivity contribution in [1.29, 1.82) is 0 Å². The highest BCUT2D eigenvalue weighted by Gasteiger charge is 2.22. The normalized spacial score (nSPS) is 12.9. The first-order valence-electron chi connectivity index (χ1n) is 6.37. The molecule has 0 saturated heterocycles. The second kappa shape index (κ2) is 7.16. The summed E-state index contributed by atoms with van der Waals surface area (Å²) in [5.74, 6) is 0. The minimum absolute atomic E-state index is 0.0936. The fourth-order valence-corrected chi connectivity index (χ4v) is 1.94. The van der Waals surface area contributed by atoms with Crippen molar-refractivity contribution in [2.45, 2.75) is 32.2 Å². The molecule has 1 unspecified atom stereocenters. The molecular formula is C14H20Cl2N2O2. The van der Waals surface area contributed by atoms with Crippen LogP contribution in [0.2, 0.25) is 10.0 Å². The minimum atomic E-state index is -0.306. The van der Waals surface area contributed by atoms with E-state index in [0.29, 0.717) is 16.6 Å². The van der Waals surface area contributed by atoms with Gasteiger partial charge in [0.05, 0.1) is 22.7 Å². The molecule has 0 heterocycles. The van der Waals surface area contributed by atoms with Gasteiger partial charge >= 0.3 is 6.03 Å². The lowest BCUT2D eigenvalue weighted by atomic mass is 9.84. The second-order valence-electron chi connectivity index (χ2n) is 5.42. The van der Waals surface area contributed by atoms with E-state index in [1.807, 2.05) is 19.9 Å². The van der Waals surface area contributed by atoms with Gasteiger partial charge in [-0.2, -0.15) is 0 Å². The fourth-order valence-electron chi connectivity index (χ4n) is 1.64. The number of nitrogens with one attached hydrogen (secondary N) is 2. The number of benzene rings is 1. The van der Waals surface area contributed by atoms with Gasteiger partial charge in [0.1, 0.15) is 0 Å². The number of hydrogen-bond donors (Lipinski definition) is 3. The van der Waals surface area contributed by atoms with E-state index in [0.717, 1.165) is 5.56 Å². The molecule has 1 aromatic carbocycles. The Labute approximate surface area is 129 Å². The summed E-state index contributed by atoms with van der Waals surface area (Å²) in [6.45, 7) is 6.08. The molecule has 0 spiro atoms. The van der Waals surface area contributed by atoms with Crippen LogP contribution in [0, 0.1) is 0 Å². The monoisotopic (exact) mass is 318 g/mol. The molecule has 0 radical (unpaired) electrons. The van der Waals surface area contributed by atoms with Crippen molar-refractivity contribution in [3.05, 3.63) is 33.8 Å². The van der Waals surface area contributed by atoms with Gasteiger partial charge in [-0.15, -0.1) is 0 Å². The average molecular weight is 319 g/mol. The molecule has 1 aromatic rings. The summed E-state index contributed by atoms with van der Waals surface area (Å²) in [7, 11) is 0. The smallest absolute Gasteiger partial charge is 0.315 e. The second-order valence-corrected chi connectivity index (χ2v) is 6.24. The van der Waals surface area contributed by atoms with Crippen molar-refractivity contribution in [3.63, 3.8) is 0 Å². The maximum atomic E-state index is 11.6. The molecule has 0 fully saturated rings. The SMILES string of the molecule is CC(CO)NC(=O)NCC(C)(C)c1ccc(Cl)c(Cl)c1. The predicted molar refractivity (Wildman–Crippen MR) is 82.6 cm³/mol. The molecule has 0 bridgehead atoms. The van der Waals surface area contributed by atoms with Crippen molar-refractivity contribution in [3.8, 4) is 0 Å². The maximum Gasteiger partial charge on any atom is 0.315 e. The number of urea groups is 1. The Morgan fingerprint density at radius 2 is 2.00 bits per heavy atom. The van der Waals surface area contributed by atoms with Crippen LogP contribution in [0.1, 0.15) is 26.3 Å². The van der Waals surface area contributed by atoms with Crippen LogP contribution in [-0.4, -0.2) is 30.3 Å². The van der Waals surface area contributed by atoms with E-state index in [9.17, 15) is 4.79 Å². The van der Waals surface area contributed by atoms with Crippen LogP contribution < -0.4 is 10.6 Å². The summed E-state index contributed by atoms with van der Waals surface area (Å²) >= 11 is 11.9. The zero-order chi connectivity index (χ0) is 15.3. The third-order valence-corrected chi connectivity index (χ3v) is 3.78. The molecule has 20 heavy (non-hydrogen) atoms. The highest BCUT2D eigenvalue weighted by molar-refractivity contribution is 6.42. The standard InChI is InChI=1S/C14H20Cl2N2O2/c1-9(7-19)18-13(20)17-8-14(2,3)10-4-5-11(15)12(16)6-10/h4-6,9,19H,7-8H2,1-3H3,(H2,17,18,20). The summed E-state index contributed by atoms with van der Waals surface area (Å²) in [5.41, 5.74) is 0.705. The zero-order valence-electron chi connectivity index (χ0n) is 11.8. The third kappa shape index (κ3) is 4.85. The molecule has 0 aliphatic carbocycles. The fraction of sp³-hybridized carbons (Fsp3) is 0.500. The van der Waals surface area contributed by atoms with Gasteiger partial charge in [0, 0.05) is 12.0 Å². The van der Waals surface area contributed by atoms with Crippen LogP contribution in [0.15, 0.2) is 18.2 Å². The van der Waals surface area contributed by atoms with Crippen LogP contribution in [0.5, 0.6) is 0 Å². The minimum Gasteiger partial charge on any atom is -0.394 e. The Bertz CT molecular complexity index is 478. The topological polar surface area (TPSA) is 61.4 Å². The van der Waals surface area contributed by atoms with Crippen molar-refractivity contribution in [1.82, 2.24) is 10.6 Å². The van der Waals surface area contributed by atoms with Gasteiger partial charge in [-0.1, -0.05) is 43.1 Å². The molecule has 0 aliphatic heterocycles. The van der Waals surface area contributed by atoms with Crippen LogP contribution in [0.25, 0.3) is 0 Å². The first-order valence-corrected chi connectivity index (χ1v) is 7.12. The van der Waals surface area contributed by atoms with E-state index < -0.39 is 0 Å². The van der Waals surface area contributed by atoms with E-state index in [1.54, 1.807) is 19.1 Å². The summed E-state index contributed by atoms with van der Waals surface area (Å²) in [4.78, 5) is 11.6. The van der Waals surface area contributed by atoms with Gasteiger partial charge in [0.15, 0.2) is 0 Å². The van der Waals surface area contributed by atoms with Crippen LogP contribution in [-0.2, 0) is 5.41 Å². The number of halogens is 2. The Kier molecular flexibility index (Phi) is 6.11.